The topological polar surface area (TPSA) is 79.7 Å². The minimum Gasteiger partial charge on any atom is -0.496 e. The molecule has 0 atom stereocenters. The fourth-order valence-corrected chi connectivity index (χ4v) is 3.78. The number of imidazole rings is 1. The number of carbonyl (C=O) groups is 1. The number of benzene rings is 1. The molecule has 2 aromatic heterocycles. The molecular formula is C21H28N4O3. The molecule has 0 spiro atoms. The number of methoxy groups -OCH3 is 1. The normalized spacial score (nSPS) is 11.5. The highest BCUT2D eigenvalue weighted by molar-refractivity contribution is 6.00. The summed E-state index contributed by atoms with van der Waals surface area (Å²) in [7, 11) is 1.55. The van der Waals surface area contributed by atoms with Gasteiger partial charge in [0.25, 0.3) is 11.5 Å². The average molecular weight is 384 g/mol. The van der Waals surface area contributed by atoms with Crippen LogP contribution in [-0.4, -0.2) is 45.4 Å². The van der Waals surface area contributed by atoms with Gasteiger partial charge < -0.3 is 14.6 Å². The summed E-state index contributed by atoms with van der Waals surface area (Å²) in [6, 6.07) is 3.54. The van der Waals surface area contributed by atoms with Crippen LogP contribution in [0.1, 0.15) is 62.6 Å². The summed E-state index contributed by atoms with van der Waals surface area (Å²) in [6.45, 7) is 9.32. The second kappa shape index (κ2) is 8.04. The molecule has 0 radical (unpaired) electrons. The zero-order chi connectivity index (χ0) is 20.4. The van der Waals surface area contributed by atoms with Gasteiger partial charge in [0.2, 0.25) is 0 Å². The highest BCUT2D eigenvalue weighted by Crippen LogP contribution is 2.29. The molecule has 7 nitrogen and oxygen atoms in total. The van der Waals surface area contributed by atoms with Gasteiger partial charge in [0.1, 0.15) is 17.1 Å². The van der Waals surface area contributed by atoms with E-state index in [4.69, 9.17) is 4.74 Å². The second-order valence-corrected chi connectivity index (χ2v) is 6.85. The number of rotatable bonds is 7. The molecule has 3 aromatic rings. The van der Waals surface area contributed by atoms with E-state index in [2.05, 4.69) is 23.8 Å². The first kappa shape index (κ1) is 19.9. The van der Waals surface area contributed by atoms with E-state index in [9.17, 15) is 9.59 Å². The van der Waals surface area contributed by atoms with Gasteiger partial charge in [-0.1, -0.05) is 13.8 Å². The van der Waals surface area contributed by atoms with Crippen molar-refractivity contribution >= 4 is 22.5 Å². The molecule has 0 saturated carbocycles. The zero-order valence-electron chi connectivity index (χ0n) is 17.2. The van der Waals surface area contributed by atoms with Gasteiger partial charge in [-0.3, -0.25) is 14.0 Å². The number of nitrogens with one attached hydrogen (secondary N) is 1. The van der Waals surface area contributed by atoms with Crippen molar-refractivity contribution in [3.8, 4) is 5.75 Å². The molecule has 28 heavy (non-hydrogen) atoms. The minimum absolute atomic E-state index is 0.115. The predicted octanol–water partition coefficient (Wildman–Crippen LogP) is 3.57. The maximum atomic E-state index is 12.9. The number of hydrogen-bond donors (Lipinski definition) is 1. The first-order valence-electron chi connectivity index (χ1n) is 9.91. The van der Waals surface area contributed by atoms with Crippen LogP contribution in [0.5, 0.6) is 5.75 Å². The van der Waals surface area contributed by atoms with Crippen molar-refractivity contribution in [1.29, 1.82) is 0 Å². The van der Waals surface area contributed by atoms with E-state index < -0.39 is 0 Å². The number of ether oxygens (including phenoxy) is 1. The maximum absolute atomic E-state index is 12.9. The zero-order valence-corrected chi connectivity index (χ0v) is 17.2. The lowest BCUT2D eigenvalue weighted by Crippen LogP contribution is -2.30. The molecule has 0 unspecified atom stereocenters. The Morgan fingerprint density at radius 2 is 1.86 bits per heavy atom. The molecular weight excluding hydrogens is 356 g/mol. The molecule has 0 fully saturated rings. The smallest absolute Gasteiger partial charge is 0.274 e. The second-order valence-electron chi connectivity index (χ2n) is 6.85. The standard InChI is InChI=1S/C21H28N4O3/c1-6-13(7-2)19-22-12-17-20(26)23-15-10-14(21(27)24(8-3)9-4)18(28-5)11-16(15)25(17)19/h10-13H,6-9H2,1-5H3,(H,23,26). The number of aromatic nitrogens is 3. The molecule has 7 heteroatoms. The Balaban J connectivity index is 2.34. The average Bonchev–Trinajstić information content (AvgIpc) is 3.15. The van der Waals surface area contributed by atoms with Crippen molar-refractivity contribution in [3.63, 3.8) is 0 Å². The lowest BCUT2D eigenvalue weighted by Gasteiger charge is -2.21. The highest BCUT2D eigenvalue weighted by Gasteiger charge is 2.22. The molecule has 1 aromatic carbocycles. The van der Waals surface area contributed by atoms with Crippen LogP contribution >= 0.6 is 0 Å². The maximum Gasteiger partial charge on any atom is 0.274 e. The summed E-state index contributed by atoms with van der Waals surface area (Å²) in [5, 5.41) is 0. The molecule has 0 aliphatic carbocycles. The van der Waals surface area contributed by atoms with E-state index in [1.165, 1.54) is 0 Å². The van der Waals surface area contributed by atoms with Crippen molar-refractivity contribution in [1.82, 2.24) is 19.3 Å². The molecule has 150 valence electrons. The summed E-state index contributed by atoms with van der Waals surface area (Å²) >= 11 is 0. The van der Waals surface area contributed by atoms with Gasteiger partial charge in [0.15, 0.2) is 0 Å². The summed E-state index contributed by atoms with van der Waals surface area (Å²) < 4.78 is 7.45. The van der Waals surface area contributed by atoms with Crippen LogP contribution in [0, 0.1) is 0 Å². The summed E-state index contributed by atoms with van der Waals surface area (Å²) in [6.07, 6.45) is 3.48. The van der Waals surface area contributed by atoms with Gasteiger partial charge in [0.05, 0.1) is 29.9 Å². The van der Waals surface area contributed by atoms with Crippen molar-refractivity contribution < 1.29 is 9.53 Å². The van der Waals surface area contributed by atoms with Gasteiger partial charge in [-0.05, 0) is 32.8 Å². The third kappa shape index (κ3) is 3.15. The lowest BCUT2D eigenvalue weighted by molar-refractivity contribution is 0.0770. The SMILES string of the molecule is CCC(CC)c1ncc2c(=O)[nH]c3cc(C(=O)N(CC)CC)c(OC)cc3n12. The highest BCUT2D eigenvalue weighted by atomic mass is 16.5. The van der Waals surface area contributed by atoms with E-state index in [1.54, 1.807) is 24.3 Å². The molecule has 1 N–H and O–H groups in total. The molecule has 0 aliphatic heterocycles. The molecule has 2 heterocycles. The van der Waals surface area contributed by atoms with Gasteiger partial charge in [-0.15, -0.1) is 0 Å². The number of nitrogens with zero attached hydrogens (tertiary/aromatic N) is 3. The minimum atomic E-state index is -0.219. The Labute approximate surface area is 164 Å². The third-order valence-electron chi connectivity index (χ3n) is 5.46. The Morgan fingerprint density at radius 3 is 2.43 bits per heavy atom. The number of carbonyl (C=O) groups excluding carboxylic acids is 1. The van der Waals surface area contributed by atoms with Crippen molar-refractivity contribution in [3.05, 3.63) is 40.1 Å². The largest absolute Gasteiger partial charge is 0.496 e. The van der Waals surface area contributed by atoms with Crippen LogP contribution in [0.3, 0.4) is 0 Å². The summed E-state index contributed by atoms with van der Waals surface area (Å²) in [5.74, 6) is 1.48. The molecule has 0 bridgehead atoms. The van der Waals surface area contributed by atoms with Gasteiger partial charge in [0, 0.05) is 25.1 Å². The van der Waals surface area contributed by atoms with Gasteiger partial charge >= 0.3 is 0 Å². The van der Waals surface area contributed by atoms with E-state index in [1.807, 2.05) is 24.3 Å². The third-order valence-corrected chi connectivity index (χ3v) is 5.46. The monoisotopic (exact) mass is 384 g/mol. The van der Waals surface area contributed by atoms with E-state index in [0.717, 1.165) is 24.2 Å². The van der Waals surface area contributed by atoms with E-state index in [0.29, 0.717) is 35.4 Å². The van der Waals surface area contributed by atoms with Gasteiger partial charge in [-0.25, -0.2) is 4.98 Å². The predicted molar refractivity (Wildman–Crippen MR) is 110 cm³/mol. The van der Waals surface area contributed by atoms with Crippen LogP contribution in [0.15, 0.2) is 23.1 Å². The first-order chi connectivity index (χ1) is 13.5. The summed E-state index contributed by atoms with van der Waals surface area (Å²) in [4.78, 5) is 34.7. The van der Waals surface area contributed by atoms with Crippen molar-refractivity contribution in [2.75, 3.05) is 20.2 Å². The fraction of sp³-hybridized carbons (Fsp3) is 0.476. The lowest BCUT2D eigenvalue weighted by atomic mass is 10.0. The van der Waals surface area contributed by atoms with Gasteiger partial charge in [-0.2, -0.15) is 0 Å². The van der Waals surface area contributed by atoms with E-state index in [-0.39, 0.29) is 17.4 Å². The Kier molecular flexibility index (Phi) is 5.72. The quantitative estimate of drug-likeness (QED) is 0.675. The Morgan fingerprint density at radius 1 is 1.18 bits per heavy atom. The van der Waals surface area contributed by atoms with Crippen LogP contribution in [-0.2, 0) is 0 Å². The molecule has 1 amide bonds. The molecule has 3 rings (SSSR count). The number of aromatic amines is 1. The van der Waals surface area contributed by atoms with Crippen LogP contribution < -0.4 is 10.3 Å². The van der Waals surface area contributed by atoms with Crippen molar-refractivity contribution in [2.45, 2.75) is 46.5 Å². The fourth-order valence-electron chi connectivity index (χ4n) is 3.78. The van der Waals surface area contributed by atoms with Crippen LogP contribution in [0.2, 0.25) is 0 Å². The molecule has 0 aliphatic rings. The number of hydrogen-bond acceptors (Lipinski definition) is 4. The van der Waals surface area contributed by atoms with Crippen molar-refractivity contribution in [2.24, 2.45) is 0 Å². The van der Waals surface area contributed by atoms with Crippen LogP contribution in [0.25, 0.3) is 16.6 Å². The Hall–Kier alpha value is -2.83. The summed E-state index contributed by atoms with van der Waals surface area (Å²) in [5.41, 5.74) is 2.10. The first-order valence-corrected chi connectivity index (χ1v) is 9.91. The van der Waals surface area contributed by atoms with Crippen LogP contribution in [0.4, 0.5) is 0 Å². The molecule has 0 saturated heterocycles. The number of H-pyrrole nitrogens is 1. The number of amides is 1. The Bertz CT molecular complexity index is 1060. The van der Waals surface area contributed by atoms with E-state index >= 15 is 0 Å². The number of fused-ring (bicyclic) bond motifs is 3.